The summed E-state index contributed by atoms with van der Waals surface area (Å²) < 4.78 is 39.0. The third-order valence-corrected chi connectivity index (χ3v) is 3.45. The molecule has 0 saturated carbocycles. The van der Waals surface area contributed by atoms with Crippen LogP contribution in [0.3, 0.4) is 0 Å². The predicted molar refractivity (Wildman–Crippen MR) is 80.8 cm³/mol. The Balaban J connectivity index is 2.22. The number of anilines is 1. The summed E-state index contributed by atoms with van der Waals surface area (Å²) in [6.07, 6.45) is -1.47. The minimum Gasteiger partial charge on any atom is -0.362 e. The summed E-state index contributed by atoms with van der Waals surface area (Å²) >= 11 is 0. The van der Waals surface area contributed by atoms with Crippen LogP contribution in [-0.4, -0.2) is 21.8 Å². The molecular weight excluding hydrogens is 291 g/mol. The SMILES string of the molecule is Cc1ccc(N(Cc2nccn2CC(F)(F)F)C(C)C)cc1. The number of hydrogen-bond donors (Lipinski definition) is 0. The van der Waals surface area contributed by atoms with Gasteiger partial charge in [-0.3, -0.25) is 0 Å². The molecule has 0 aliphatic rings. The van der Waals surface area contributed by atoms with E-state index in [1.165, 1.54) is 12.4 Å². The Morgan fingerprint density at radius 3 is 2.36 bits per heavy atom. The topological polar surface area (TPSA) is 21.1 Å². The van der Waals surface area contributed by atoms with Crippen molar-refractivity contribution in [3.8, 4) is 0 Å². The minimum absolute atomic E-state index is 0.152. The molecule has 22 heavy (non-hydrogen) atoms. The van der Waals surface area contributed by atoms with Gasteiger partial charge in [0.2, 0.25) is 0 Å². The third kappa shape index (κ3) is 4.26. The number of rotatable bonds is 5. The summed E-state index contributed by atoms with van der Waals surface area (Å²) in [5.74, 6) is 0.409. The van der Waals surface area contributed by atoms with Gasteiger partial charge in [0.1, 0.15) is 12.4 Å². The van der Waals surface area contributed by atoms with Crippen molar-refractivity contribution in [2.45, 2.75) is 46.1 Å². The Kier molecular flexibility index (Phi) is 4.78. The van der Waals surface area contributed by atoms with Crippen molar-refractivity contribution in [3.63, 3.8) is 0 Å². The van der Waals surface area contributed by atoms with Gasteiger partial charge in [-0.15, -0.1) is 0 Å². The molecule has 2 aromatic rings. The molecule has 0 aliphatic carbocycles. The monoisotopic (exact) mass is 311 g/mol. The van der Waals surface area contributed by atoms with Crippen LogP contribution >= 0.6 is 0 Å². The summed E-state index contributed by atoms with van der Waals surface area (Å²) in [7, 11) is 0. The molecule has 3 nitrogen and oxygen atoms in total. The first kappa shape index (κ1) is 16.4. The Morgan fingerprint density at radius 2 is 1.82 bits per heavy atom. The summed E-state index contributed by atoms with van der Waals surface area (Å²) in [5.41, 5.74) is 2.12. The lowest BCUT2D eigenvalue weighted by molar-refractivity contribution is -0.141. The molecule has 0 fully saturated rings. The van der Waals surface area contributed by atoms with Gasteiger partial charge in [-0.1, -0.05) is 17.7 Å². The van der Waals surface area contributed by atoms with Gasteiger partial charge in [-0.2, -0.15) is 13.2 Å². The van der Waals surface area contributed by atoms with E-state index in [0.29, 0.717) is 12.4 Å². The molecule has 2 rings (SSSR count). The molecule has 6 heteroatoms. The van der Waals surface area contributed by atoms with Gasteiger partial charge in [0.05, 0.1) is 6.54 Å². The number of halogens is 3. The number of hydrogen-bond acceptors (Lipinski definition) is 2. The second-order valence-electron chi connectivity index (χ2n) is 5.64. The van der Waals surface area contributed by atoms with Crippen molar-refractivity contribution < 1.29 is 13.2 Å². The average Bonchev–Trinajstić information content (AvgIpc) is 2.82. The zero-order valence-corrected chi connectivity index (χ0v) is 12.9. The van der Waals surface area contributed by atoms with E-state index in [9.17, 15) is 13.2 Å². The maximum atomic E-state index is 12.6. The summed E-state index contributed by atoms with van der Waals surface area (Å²) in [5, 5.41) is 0. The minimum atomic E-state index is -4.25. The van der Waals surface area contributed by atoms with E-state index in [4.69, 9.17) is 0 Å². The van der Waals surface area contributed by atoms with Crippen LogP contribution in [0, 0.1) is 6.92 Å². The van der Waals surface area contributed by atoms with Gasteiger partial charge in [0.15, 0.2) is 0 Å². The van der Waals surface area contributed by atoms with Crippen molar-refractivity contribution in [1.82, 2.24) is 9.55 Å². The van der Waals surface area contributed by atoms with E-state index >= 15 is 0 Å². The molecule has 0 atom stereocenters. The van der Waals surface area contributed by atoms with E-state index in [2.05, 4.69) is 4.98 Å². The zero-order chi connectivity index (χ0) is 16.3. The van der Waals surface area contributed by atoms with E-state index < -0.39 is 12.7 Å². The van der Waals surface area contributed by atoms with Crippen LogP contribution in [0.5, 0.6) is 0 Å². The van der Waals surface area contributed by atoms with Crippen molar-refractivity contribution in [2.24, 2.45) is 0 Å². The molecule has 0 N–H and O–H groups in total. The van der Waals surface area contributed by atoms with Gasteiger partial charge in [-0.25, -0.2) is 4.98 Å². The molecule has 0 bridgehead atoms. The van der Waals surface area contributed by atoms with Crippen LogP contribution in [0.1, 0.15) is 25.2 Å². The molecule has 1 heterocycles. The van der Waals surface area contributed by atoms with E-state index in [1.54, 1.807) is 0 Å². The fourth-order valence-corrected chi connectivity index (χ4v) is 2.29. The Labute approximate surface area is 128 Å². The van der Waals surface area contributed by atoms with Crippen molar-refractivity contribution in [3.05, 3.63) is 48.0 Å². The fourth-order valence-electron chi connectivity index (χ4n) is 2.29. The largest absolute Gasteiger partial charge is 0.406 e. The van der Waals surface area contributed by atoms with E-state index in [1.807, 2.05) is 49.9 Å². The van der Waals surface area contributed by atoms with Crippen LogP contribution in [0.25, 0.3) is 0 Å². The smallest absolute Gasteiger partial charge is 0.362 e. The number of aryl methyl sites for hydroxylation is 1. The van der Waals surface area contributed by atoms with E-state index in [0.717, 1.165) is 15.8 Å². The Bertz CT molecular complexity index is 600. The van der Waals surface area contributed by atoms with Gasteiger partial charge in [0.25, 0.3) is 0 Å². The number of aromatic nitrogens is 2. The van der Waals surface area contributed by atoms with E-state index in [-0.39, 0.29) is 6.04 Å². The lowest BCUT2D eigenvalue weighted by Gasteiger charge is -2.29. The van der Waals surface area contributed by atoms with Crippen LogP contribution in [0.15, 0.2) is 36.7 Å². The first-order valence-corrected chi connectivity index (χ1v) is 7.16. The Morgan fingerprint density at radius 1 is 1.18 bits per heavy atom. The highest BCUT2D eigenvalue weighted by Crippen LogP contribution is 2.22. The first-order chi connectivity index (χ1) is 10.3. The average molecular weight is 311 g/mol. The molecule has 0 aliphatic heterocycles. The molecule has 0 radical (unpaired) electrons. The highest BCUT2D eigenvalue weighted by atomic mass is 19.4. The van der Waals surface area contributed by atoms with Crippen molar-refractivity contribution >= 4 is 5.69 Å². The summed E-state index contributed by atoms with van der Waals surface area (Å²) in [4.78, 5) is 6.12. The molecule has 0 spiro atoms. The first-order valence-electron chi connectivity index (χ1n) is 7.16. The van der Waals surface area contributed by atoms with Crippen molar-refractivity contribution in [1.29, 1.82) is 0 Å². The van der Waals surface area contributed by atoms with Gasteiger partial charge in [0, 0.05) is 24.1 Å². The maximum absolute atomic E-state index is 12.6. The zero-order valence-electron chi connectivity index (χ0n) is 12.9. The molecule has 120 valence electrons. The third-order valence-electron chi connectivity index (χ3n) is 3.45. The van der Waals surface area contributed by atoms with Crippen LogP contribution in [0.2, 0.25) is 0 Å². The number of nitrogens with zero attached hydrogens (tertiary/aromatic N) is 3. The van der Waals surface area contributed by atoms with Crippen molar-refractivity contribution in [2.75, 3.05) is 4.90 Å². The second kappa shape index (κ2) is 6.42. The maximum Gasteiger partial charge on any atom is 0.406 e. The van der Waals surface area contributed by atoms with Gasteiger partial charge >= 0.3 is 6.18 Å². The standard InChI is InChI=1S/C16H20F3N3/c1-12(2)22(14-6-4-13(3)5-7-14)10-15-20-8-9-21(15)11-16(17,18)19/h4-9,12H,10-11H2,1-3H3. The molecule has 1 aromatic carbocycles. The molecule has 1 aromatic heterocycles. The number of imidazole rings is 1. The quantitative estimate of drug-likeness (QED) is 0.826. The Hall–Kier alpha value is -1.98. The highest BCUT2D eigenvalue weighted by molar-refractivity contribution is 5.48. The lowest BCUT2D eigenvalue weighted by atomic mass is 10.2. The normalized spacial score (nSPS) is 12.0. The molecule has 0 amide bonds. The molecule has 0 saturated heterocycles. The second-order valence-corrected chi connectivity index (χ2v) is 5.64. The molecular formula is C16H20F3N3. The predicted octanol–water partition coefficient (Wildman–Crippen LogP) is 4.17. The highest BCUT2D eigenvalue weighted by Gasteiger charge is 2.29. The lowest BCUT2D eigenvalue weighted by Crippen LogP contribution is -2.32. The van der Waals surface area contributed by atoms with Gasteiger partial charge < -0.3 is 9.47 Å². The van der Waals surface area contributed by atoms with Crippen LogP contribution < -0.4 is 4.90 Å². The fraction of sp³-hybridized carbons (Fsp3) is 0.438. The van der Waals surface area contributed by atoms with Crippen LogP contribution in [-0.2, 0) is 13.1 Å². The summed E-state index contributed by atoms with van der Waals surface area (Å²) in [6, 6.07) is 8.09. The van der Waals surface area contributed by atoms with Crippen LogP contribution in [0.4, 0.5) is 18.9 Å². The summed E-state index contributed by atoms with van der Waals surface area (Å²) in [6.45, 7) is 5.35. The van der Waals surface area contributed by atoms with Gasteiger partial charge in [-0.05, 0) is 32.9 Å². The number of benzene rings is 1. The number of alkyl halides is 3. The molecule has 0 unspecified atom stereocenters.